The minimum Gasteiger partial charge on any atom is -0.351 e. The van der Waals surface area contributed by atoms with Gasteiger partial charge in [-0.15, -0.1) is 0 Å². The maximum atomic E-state index is 13.7. The van der Waals surface area contributed by atoms with E-state index in [1.807, 2.05) is 11.0 Å². The minimum atomic E-state index is -0.856. The Hall–Kier alpha value is -2.97. The second-order valence-corrected chi connectivity index (χ2v) is 7.31. The van der Waals surface area contributed by atoms with Gasteiger partial charge in [-0.2, -0.15) is 19.6 Å². The fourth-order valence-corrected chi connectivity index (χ4v) is 3.46. The van der Waals surface area contributed by atoms with Crippen LogP contribution in [0.25, 0.3) is 11.7 Å². The van der Waals surface area contributed by atoms with Crippen molar-refractivity contribution in [3.05, 3.63) is 29.6 Å². The van der Waals surface area contributed by atoms with Gasteiger partial charge >= 0.3 is 0 Å². The fourth-order valence-electron chi connectivity index (χ4n) is 3.46. The zero-order valence-corrected chi connectivity index (χ0v) is 14.8. The van der Waals surface area contributed by atoms with Crippen molar-refractivity contribution >= 4 is 29.5 Å². The monoisotopic (exact) mass is 369 g/mol. The molecule has 27 heavy (non-hydrogen) atoms. The maximum absolute atomic E-state index is 13.7. The third-order valence-electron chi connectivity index (χ3n) is 5.06. The molecule has 0 aromatic carbocycles. The molecule has 2 aromatic heterocycles. The summed E-state index contributed by atoms with van der Waals surface area (Å²) in [6.07, 6.45) is 5.70. The summed E-state index contributed by atoms with van der Waals surface area (Å²) in [7, 11) is 0. The molecule has 1 amide bonds. The molecular formula is C18H20FN7O. The Balaban J connectivity index is 1.59. The summed E-state index contributed by atoms with van der Waals surface area (Å²) in [5.41, 5.74) is 2.83. The second kappa shape index (κ2) is 6.04. The SMILES string of the molecule is C=C1NC(=O)C/C1=C\c1cnn2c(N3CC[C@@H](F)C3)nc(NC3CC3)nc12. The summed E-state index contributed by atoms with van der Waals surface area (Å²) in [5, 5.41) is 10.5. The number of alkyl halides is 1. The highest BCUT2D eigenvalue weighted by Crippen LogP contribution is 2.28. The van der Waals surface area contributed by atoms with Crippen LogP contribution in [0.5, 0.6) is 0 Å². The number of nitrogens with one attached hydrogen (secondary N) is 2. The smallest absolute Gasteiger partial charge is 0.231 e. The maximum Gasteiger partial charge on any atom is 0.231 e. The fraction of sp³-hybridized carbons (Fsp3) is 0.444. The highest BCUT2D eigenvalue weighted by atomic mass is 19.1. The predicted molar refractivity (Wildman–Crippen MR) is 99.0 cm³/mol. The third kappa shape index (κ3) is 3.02. The van der Waals surface area contributed by atoms with E-state index in [0.717, 1.165) is 24.0 Å². The minimum absolute atomic E-state index is 0.0693. The number of carbonyl (C=O) groups is 1. The van der Waals surface area contributed by atoms with Crippen molar-refractivity contribution in [3.63, 3.8) is 0 Å². The van der Waals surface area contributed by atoms with E-state index >= 15 is 0 Å². The van der Waals surface area contributed by atoms with Gasteiger partial charge in [0.05, 0.1) is 19.2 Å². The van der Waals surface area contributed by atoms with Gasteiger partial charge in [0.25, 0.3) is 0 Å². The van der Waals surface area contributed by atoms with Crippen molar-refractivity contribution in [1.82, 2.24) is 24.9 Å². The molecule has 9 heteroatoms. The first-order valence-electron chi connectivity index (χ1n) is 9.18. The van der Waals surface area contributed by atoms with Crippen LogP contribution in [0.2, 0.25) is 0 Å². The van der Waals surface area contributed by atoms with Gasteiger partial charge in [-0.1, -0.05) is 6.58 Å². The molecule has 0 unspecified atom stereocenters. The molecule has 2 aliphatic heterocycles. The molecule has 0 bridgehead atoms. The number of amides is 1. The summed E-state index contributed by atoms with van der Waals surface area (Å²) in [4.78, 5) is 22.7. The molecule has 2 saturated heterocycles. The number of halogens is 1. The number of allylic oxidation sites excluding steroid dienone is 1. The van der Waals surface area contributed by atoms with E-state index in [9.17, 15) is 9.18 Å². The van der Waals surface area contributed by atoms with Crippen molar-refractivity contribution in [3.8, 4) is 0 Å². The molecule has 2 N–H and O–H groups in total. The molecule has 3 fully saturated rings. The zero-order valence-electron chi connectivity index (χ0n) is 14.8. The summed E-state index contributed by atoms with van der Waals surface area (Å²) in [6.45, 7) is 4.78. The number of anilines is 2. The largest absolute Gasteiger partial charge is 0.351 e. The van der Waals surface area contributed by atoms with Gasteiger partial charge in [0.1, 0.15) is 6.17 Å². The second-order valence-electron chi connectivity index (χ2n) is 7.31. The lowest BCUT2D eigenvalue weighted by molar-refractivity contribution is -0.118. The highest BCUT2D eigenvalue weighted by Gasteiger charge is 2.28. The molecule has 140 valence electrons. The van der Waals surface area contributed by atoms with Gasteiger partial charge in [-0.3, -0.25) is 4.79 Å². The molecule has 0 radical (unpaired) electrons. The van der Waals surface area contributed by atoms with Gasteiger partial charge in [0, 0.05) is 23.8 Å². The first-order chi connectivity index (χ1) is 13.1. The Kier molecular flexibility index (Phi) is 3.63. The number of hydrogen-bond donors (Lipinski definition) is 2. The quantitative estimate of drug-likeness (QED) is 0.852. The molecule has 1 aliphatic carbocycles. The Morgan fingerprint density at radius 1 is 1.33 bits per heavy atom. The van der Waals surface area contributed by atoms with Crippen LogP contribution in [0.3, 0.4) is 0 Å². The summed E-state index contributed by atoms with van der Waals surface area (Å²) in [5.74, 6) is 1.05. The summed E-state index contributed by atoms with van der Waals surface area (Å²) >= 11 is 0. The highest BCUT2D eigenvalue weighted by molar-refractivity contribution is 5.89. The Bertz CT molecular complexity index is 977. The van der Waals surface area contributed by atoms with Crippen LogP contribution in [-0.2, 0) is 4.79 Å². The first kappa shape index (κ1) is 16.2. The molecule has 1 atom stereocenters. The van der Waals surface area contributed by atoms with E-state index in [4.69, 9.17) is 0 Å². The van der Waals surface area contributed by atoms with Crippen molar-refractivity contribution in [2.24, 2.45) is 0 Å². The van der Waals surface area contributed by atoms with Crippen molar-refractivity contribution in [2.45, 2.75) is 37.9 Å². The van der Waals surface area contributed by atoms with Crippen LogP contribution in [0.4, 0.5) is 16.3 Å². The van der Waals surface area contributed by atoms with Crippen LogP contribution >= 0.6 is 0 Å². The van der Waals surface area contributed by atoms with Crippen molar-refractivity contribution < 1.29 is 9.18 Å². The van der Waals surface area contributed by atoms with Crippen LogP contribution in [-0.4, -0.2) is 50.8 Å². The molecule has 1 saturated carbocycles. The predicted octanol–water partition coefficient (Wildman–Crippen LogP) is 1.66. The van der Waals surface area contributed by atoms with E-state index in [1.54, 1.807) is 10.7 Å². The van der Waals surface area contributed by atoms with Crippen LogP contribution < -0.4 is 15.5 Å². The number of fused-ring (bicyclic) bond motifs is 1. The summed E-state index contributed by atoms with van der Waals surface area (Å²) < 4.78 is 15.4. The van der Waals surface area contributed by atoms with Crippen LogP contribution in [0, 0.1) is 0 Å². The van der Waals surface area contributed by atoms with Crippen molar-refractivity contribution in [2.75, 3.05) is 23.3 Å². The molecule has 2 aromatic rings. The van der Waals surface area contributed by atoms with Gasteiger partial charge in [0.15, 0.2) is 5.65 Å². The zero-order chi connectivity index (χ0) is 18.5. The van der Waals surface area contributed by atoms with Crippen molar-refractivity contribution in [1.29, 1.82) is 0 Å². The molecular weight excluding hydrogens is 349 g/mol. The van der Waals surface area contributed by atoms with Gasteiger partial charge in [0.2, 0.25) is 17.8 Å². The normalized spacial score (nSPS) is 24.3. The van der Waals surface area contributed by atoms with E-state index < -0.39 is 6.17 Å². The lowest BCUT2D eigenvalue weighted by atomic mass is 10.1. The molecule has 0 spiro atoms. The Labute approximate surface area is 155 Å². The number of hydrogen-bond acceptors (Lipinski definition) is 6. The Morgan fingerprint density at radius 3 is 2.85 bits per heavy atom. The van der Waals surface area contributed by atoms with Crippen LogP contribution in [0.15, 0.2) is 24.0 Å². The molecule has 3 aliphatic rings. The number of aromatic nitrogens is 4. The van der Waals surface area contributed by atoms with Gasteiger partial charge in [-0.25, -0.2) is 4.39 Å². The number of carbonyl (C=O) groups excluding carboxylic acids is 1. The lowest BCUT2D eigenvalue weighted by Crippen LogP contribution is -2.25. The molecule has 8 nitrogen and oxygen atoms in total. The van der Waals surface area contributed by atoms with E-state index in [1.165, 1.54) is 0 Å². The van der Waals surface area contributed by atoms with Crippen LogP contribution in [0.1, 0.15) is 31.2 Å². The standard InChI is InChI=1S/C18H20FN7O/c1-10-11(7-15(27)21-10)6-12-8-20-26-16(12)23-17(22-14-2-3-14)24-18(26)25-5-4-13(19)9-25/h6,8,13-14H,1-5,7,9H2,(H,21,27)(H,22,23)/b11-6+/t13-/m1/s1. The van der Waals surface area contributed by atoms with E-state index in [-0.39, 0.29) is 12.3 Å². The molecule has 5 rings (SSSR count). The third-order valence-corrected chi connectivity index (χ3v) is 5.06. The summed E-state index contributed by atoms with van der Waals surface area (Å²) in [6, 6.07) is 0.397. The first-order valence-corrected chi connectivity index (χ1v) is 9.18. The van der Waals surface area contributed by atoms with Gasteiger partial charge < -0.3 is 15.5 Å². The number of nitrogens with zero attached hydrogens (tertiary/aromatic N) is 5. The topological polar surface area (TPSA) is 87.5 Å². The average molecular weight is 369 g/mol. The number of rotatable bonds is 4. The lowest BCUT2D eigenvalue weighted by Gasteiger charge is -2.18. The van der Waals surface area contributed by atoms with E-state index in [2.05, 4.69) is 32.3 Å². The average Bonchev–Trinajstić information content (AvgIpc) is 3.04. The Morgan fingerprint density at radius 2 is 2.19 bits per heavy atom. The van der Waals surface area contributed by atoms with E-state index in [0.29, 0.717) is 48.8 Å². The molecule has 4 heterocycles. The van der Waals surface area contributed by atoms with Gasteiger partial charge in [-0.05, 0) is 30.9 Å².